The third kappa shape index (κ3) is 4.43. The molecule has 2 aromatic rings. The molecule has 2 rings (SSSR count). The maximum absolute atomic E-state index is 12.0. The van der Waals surface area contributed by atoms with Crippen molar-refractivity contribution in [3.8, 4) is 0 Å². The summed E-state index contributed by atoms with van der Waals surface area (Å²) in [5, 5.41) is 5.23. The summed E-state index contributed by atoms with van der Waals surface area (Å²) < 4.78 is 9.58. The molecule has 2 heterocycles. The Morgan fingerprint density at radius 1 is 1.30 bits per heavy atom. The number of amides is 2. The molecular weight excluding hydrogens is 320 g/mol. The van der Waals surface area contributed by atoms with Crippen LogP contribution >= 0.6 is 11.3 Å². The van der Waals surface area contributed by atoms with Gasteiger partial charge >= 0.3 is 5.97 Å². The number of rotatable bonds is 6. The van der Waals surface area contributed by atoms with Crippen LogP contribution in [0.3, 0.4) is 0 Å². The minimum Gasteiger partial charge on any atom is -0.465 e. The molecule has 0 fully saturated rings. The van der Waals surface area contributed by atoms with Crippen LogP contribution < -0.4 is 10.6 Å². The number of methoxy groups -OCH3 is 1. The van der Waals surface area contributed by atoms with Crippen molar-refractivity contribution < 1.29 is 23.5 Å². The van der Waals surface area contributed by atoms with Crippen molar-refractivity contribution in [2.75, 3.05) is 7.11 Å². The maximum Gasteiger partial charge on any atom is 0.348 e. The Labute approximate surface area is 136 Å². The van der Waals surface area contributed by atoms with E-state index in [-0.39, 0.29) is 18.2 Å². The van der Waals surface area contributed by atoms with Gasteiger partial charge in [0.2, 0.25) is 5.91 Å². The van der Waals surface area contributed by atoms with Crippen LogP contribution in [0.5, 0.6) is 0 Å². The molecule has 7 nitrogen and oxygen atoms in total. The molecule has 0 radical (unpaired) electrons. The lowest BCUT2D eigenvalue weighted by Crippen LogP contribution is -2.44. The van der Waals surface area contributed by atoms with Crippen LogP contribution in [0.2, 0.25) is 0 Å². The summed E-state index contributed by atoms with van der Waals surface area (Å²) in [6, 6.07) is 5.77. The van der Waals surface area contributed by atoms with E-state index in [0.717, 1.165) is 4.88 Å². The lowest BCUT2D eigenvalue weighted by atomic mass is 10.3. The average Bonchev–Trinajstić information content (AvgIpc) is 3.22. The lowest BCUT2D eigenvalue weighted by Gasteiger charge is -2.12. The minimum absolute atomic E-state index is 0.144. The molecule has 0 aliphatic heterocycles. The fourth-order valence-corrected chi connectivity index (χ4v) is 2.62. The SMILES string of the molecule is COC(=O)c1ccc(CNC(=O)[C@@H](C)NC(=O)c2ccco2)s1. The van der Waals surface area contributed by atoms with E-state index in [0.29, 0.717) is 4.88 Å². The summed E-state index contributed by atoms with van der Waals surface area (Å²) in [7, 11) is 1.31. The average molecular weight is 336 g/mol. The van der Waals surface area contributed by atoms with E-state index >= 15 is 0 Å². The first-order valence-electron chi connectivity index (χ1n) is 6.80. The third-order valence-corrected chi connectivity index (χ3v) is 4.04. The summed E-state index contributed by atoms with van der Waals surface area (Å²) in [6.45, 7) is 1.84. The molecule has 0 aromatic carbocycles. The van der Waals surface area contributed by atoms with Gasteiger partial charge in [0.1, 0.15) is 10.9 Å². The molecule has 2 aromatic heterocycles. The van der Waals surface area contributed by atoms with E-state index in [2.05, 4.69) is 15.4 Å². The number of furan rings is 1. The molecule has 23 heavy (non-hydrogen) atoms. The second-order valence-corrected chi connectivity index (χ2v) is 5.82. The van der Waals surface area contributed by atoms with Crippen molar-refractivity contribution in [1.29, 1.82) is 0 Å². The summed E-state index contributed by atoms with van der Waals surface area (Å²) in [6.07, 6.45) is 1.38. The Hall–Kier alpha value is -2.61. The van der Waals surface area contributed by atoms with E-state index in [1.165, 1.54) is 30.8 Å². The molecule has 122 valence electrons. The monoisotopic (exact) mass is 336 g/mol. The standard InChI is InChI=1S/C15H16N2O5S/c1-9(17-14(19)11-4-3-7-22-11)13(18)16-8-10-5-6-12(23-10)15(20)21-2/h3-7,9H,8H2,1-2H3,(H,16,18)(H,17,19)/t9-/m1/s1. The van der Waals surface area contributed by atoms with E-state index in [1.807, 2.05) is 0 Å². The zero-order valence-electron chi connectivity index (χ0n) is 12.6. The van der Waals surface area contributed by atoms with Gasteiger partial charge in [-0.3, -0.25) is 9.59 Å². The lowest BCUT2D eigenvalue weighted by molar-refractivity contribution is -0.122. The first kappa shape index (κ1) is 16.8. The fraction of sp³-hybridized carbons (Fsp3) is 0.267. The summed E-state index contributed by atoms with van der Waals surface area (Å²) in [4.78, 5) is 36.4. The minimum atomic E-state index is -0.715. The van der Waals surface area contributed by atoms with Gasteiger partial charge in [-0.2, -0.15) is 0 Å². The smallest absolute Gasteiger partial charge is 0.348 e. The second-order valence-electron chi connectivity index (χ2n) is 4.65. The van der Waals surface area contributed by atoms with Crippen LogP contribution in [0.4, 0.5) is 0 Å². The number of hydrogen-bond acceptors (Lipinski definition) is 6. The Kier molecular flexibility index (Phi) is 5.53. The van der Waals surface area contributed by atoms with E-state index in [9.17, 15) is 14.4 Å². The van der Waals surface area contributed by atoms with Crippen LogP contribution in [0.1, 0.15) is 32.0 Å². The number of carbonyl (C=O) groups excluding carboxylic acids is 3. The predicted molar refractivity (Wildman–Crippen MR) is 83.1 cm³/mol. The quantitative estimate of drug-likeness (QED) is 0.780. The first-order valence-corrected chi connectivity index (χ1v) is 7.62. The van der Waals surface area contributed by atoms with Crippen molar-refractivity contribution in [3.05, 3.63) is 46.0 Å². The molecule has 0 saturated heterocycles. The largest absolute Gasteiger partial charge is 0.465 e. The zero-order valence-corrected chi connectivity index (χ0v) is 13.4. The molecule has 1 atom stereocenters. The van der Waals surface area contributed by atoms with Gasteiger partial charge in [-0.05, 0) is 31.2 Å². The number of nitrogens with one attached hydrogen (secondary N) is 2. The Bertz CT molecular complexity index is 693. The second kappa shape index (κ2) is 7.59. The van der Waals surface area contributed by atoms with Gasteiger partial charge in [0, 0.05) is 4.88 Å². The topological polar surface area (TPSA) is 97.6 Å². The number of thiophene rings is 1. The molecule has 0 aliphatic carbocycles. The highest BCUT2D eigenvalue weighted by Gasteiger charge is 2.18. The van der Waals surface area contributed by atoms with Gasteiger partial charge in [-0.1, -0.05) is 0 Å². The summed E-state index contributed by atoms with van der Waals surface area (Å²) >= 11 is 1.24. The molecule has 2 N–H and O–H groups in total. The van der Waals surface area contributed by atoms with E-state index < -0.39 is 17.9 Å². The van der Waals surface area contributed by atoms with Gasteiger partial charge in [0.15, 0.2) is 5.76 Å². The highest BCUT2D eigenvalue weighted by Crippen LogP contribution is 2.17. The number of carbonyl (C=O) groups is 3. The van der Waals surface area contributed by atoms with Crippen LogP contribution in [0, 0.1) is 0 Å². The Balaban J connectivity index is 1.83. The zero-order chi connectivity index (χ0) is 16.8. The van der Waals surface area contributed by atoms with Crippen molar-refractivity contribution in [2.24, 2.45) is 0 Å². The molecule has 0 aliphatic rings. The van der Waals surface area contributed by atoms with Gasteiger partial charge in [-0.15, -0.1) is 11.3 Å². The molecule has 0 spiro atoms. The maximum atomic E-state index is 12.0. The van der Waals surface area contributed by atoms with Crippen LogP contribution in [0.15, 0.2) is 34.9 Å². The molecule has 0 saturated carbocycles. The molecule has 2 amide bonds. The predicted octanol–water partition coefficient (Wildman–Crippen LogP) is 1.56. The van der Waals surface area contributed by atoms with Crippen molar-refractivity contribution in [3.63, 3.8) is 0 Å². The van der Waals surface area contributed by atoms with Crippen LogP contribution in [-0.2, 0) is 16.1 Å². The van der Waals surface area contributed by atoms with E-state index in [1.54, 1.807) is 25.1 Å². The fourth-order valence-electron chi connectivity index (χ4n) is 1.75. The van der Waals surface area contributed by atoms with Gasteiger partial charge < -0.3 is 19.8 Å². The van der Waals surface area contributed by atoms with Crippen LogP contribution in [-0.4, -0.2) is 30.9 Å². The highest BCUT2D eigenvalue weighted by atomic mass is 32.1. The van der Waals surface area contributed by atoms with Crippen molar-refractivity contribution in [2.45, 2.75) is 19.5 Å². The first-order chi connectivity index (χ1) is 11.0. The van der Waals surface area contributed by atoms with E-state index in [4.69, 9.17) is 4.42 Å². The number of hydrogen-bond donors (Lipinski definition) is 2. The summed E-state index contributed by atoms with van der Waals surface area (Å²) in [5.41, 5.74) is 0. The van der Waals surface area contributed by atoms with Gasteiger partial charge in [0.05, 0.1) is 19.9 Å². The highest BCUT2D eigenvalue weighted by molar-refractivity contribution is 7.13. The van der Waals surface area contributed by atoms with Crippen LogP contribution in [0.25, 0.3) is 0 Å². The van der Waals surface area contributed by atoms with Crippen molar-refractivity contribution in [1.82, 2.24) is 10.6 Å². The van der Waals surface area contributed by atoms with Gasteiger partial charge in [-0.25, -0.2) is 4.79 Å². The third-order valence-electron chi connectivity index (χ3n) is 2.97. The van der Waals surface area contributed by atoms with Gasteiger partial charge in [0.25, 0.3) is 5.91 Å². The normalized spacial score (nSPS) is 11.6. The van der Waals surface area contributed by atoms with Crippen molar-refractivity contribution >= 4 is 29.1 Å². The Morgan fingerprint density at radius 3 is 2.74 bits per heavy atom. The Morgan fingerprint density at radius 2 is 2.09 bits per heavy atom. The number of esters is 1. The molecule has 0 unspecified atom stereocenters. The molecule has 8 heteroatoms. The molecular formula is C15H16N2O5S. The molecule has 0 bridgehead atoms. The summed E-state index contributed by atoms with van der Waals surface area (Å²) in [5.74, 6) is -1.06. The number of ether oxygens (including phenoxy) is 1.